The summed E-state index contributed by atoms with van der Waals surface area (Å²) in [6.45, 7) is 0. The van der Waals surface area contributed by atoms with E-state index >= 15 is 0 Å². The summed E-state index contributed by atoms with van der Waals surface area (Å²) in [7, 11) is 0. The summed E-state index contributed by atoms with van der Waals surface area (Å²) in [4.78, 5) is 0. The van der Waals surface area contributed by atoms with Crippen LogP contribution in [0.5, 0.6) is 0 Å². The molecule has 0 spiro atoms. The first kappa shape index (κ1) is 14.5. The van der Waals surface area contributed by atoms with Gasteiger partial charge in [0.2, 0.25) is 5.71 Å². The van der Waals surface area contributed by atoms with Crippen LogP contribution in [0.15, 0.2) is 20.1 Å². The first-order chi connectivity index (χ1) is 8.38. The lowest BCUT2D eigenvalue weighted by molar-refractivity contribution is 0.591. The van der Waals surface area contributed by atoms with Gasteiger partial charge in [-0.05, 0) is 37.9 Å². The molecule has 0 saturated heterocycles. The Morgan fingerprint density at radius 3 is 2.61 bits per heavy atom. The zero-order valence-electron chi connectivity index (χ0n) is 8.56. The van der Waals surface area contributed by atoms with Gasteiger partial charge in [0.25, 0.3) is 0 Å². The van der Waals surface area contributed by atoms with E-state index in [9.17, 15) is 8.78 Å². The van der Waals surface area contributed by atoms with Gasteiger partial charge in [-0.3, -0.25) is 10.8 Å². The number of hydrogen-bond donors (Lipinski definition) is 3. The number of hydrogen-bond acceptors (Lipinski definition) is 4. The van der Waals surface area contributed by atoms with Crippen LogP contribution in [0.25, 0.3) is 0 Å². The van der Waals surface area contributed by atoms with E-state index in [0.29, 0.717) is 0 Å². The molecule has 0 saturated carbocycles. The Hall–Kier alpha value is -1.53. The molecule has 0 heterocycles. The normalized spacial score (nSPS) is 10.9. The van der Waals surface area contributed by atoms with Crippen molar-refractivity contribution in [3.8, 4) is 6.07 Å². The second-order valence-electron chi connectivity index (χ2n) is 2.94. The topological polar surface area (TPSA) is 98.0 Å². The van der Waals surface area contributed by atoms with Crippen LogP contribution in [0.2, 0.25) is 0 Å². The second-order valence-corrected chi connectivity index (χ2v) is 4.59. The van der Waals surface area contributed by atoms with Crippen LogP contribution in [-0.4, -0.2) is 11.5 Å². The van der Waals surface area contributed by atoms with Crippen LogP contribution in [0.3, 0.4) is 0 Å². The molecular weight excluding hydrogens is 376 g/mol. The fourth-order valence-corrected chi connectivity index (χ4v) is 2.08. The van der Waals surface area contributed by atoms with Gasteiger partial charge in [-0.25, -0.2) is 8.78 Å². The molecule has 94 valence electrons. The Labute approximate surface area is 117 Å². The minimum absolute atomic E-state index is 0.0616. The van der Waals surface area contributed by atoms with Crippen LogP contribution in [0, 0.1) is 28.4 Å². The van der Waals surface area contributed by atoms with E-state index < -0.39 is 23.2 Å². The number of amidine groups is 1. The van der Waals surface area contributed by atoms with Crippen molar-refractivity contribution in [1.82, 2.24) is 0 Å². The summed E-state index contributed by atoms with van der Waals surface area (Å²) in [6.07, 6.45) is 0. The Kier molecular flexibility index (Phi) is 4.75. The molecule has 1 aromatic carbocycles. The van der Waals surface area contributed by atoms with Crippen molar-refractivity contribution in [3.05, 3.63) is 26.6 Å². The molecule has 0 bridgehead atoms. The predicted octanol–water partition coefficient (Wildman–Crippen LogP) is 2.72. The standard InChI is InChI=1S/C9H5Br2F2N5/c10-3-1-4(12)8(6(11)7(3)13)18-17-5(2-14)9(15)16/h1,18H,(H3,15,16)/b17-5+. The molecule has 5 nitrogen and oxygen atoms in total. The second kappa shape index (κ2) is 5.88. The average molecular weight is 381 g/mol. The van der Waals surface area contributed by atoms with Gasteiger partial charge in [-0.1, -0.05) is 0 Å². The molecule has 0 aliphatic rings. The number of rotatable bonds is 3. The van der Waals surface area contributed by atoms with E-state index in [2.05, 4.69) is 42.4 Å². The molecule has 0 fully saturated rings. The van der Waals surface area contributed by atoms with Gasteiger partial charge in [0.15, 0.2) is 17.5 Å². The van der Waals surface area contributed by atoms with Gasteiger partial charge in [0.05, 0.1) is 8.95 Å². The van der Waals surface area contributed by atoms with E-state index in [1.807, 2.05) is 0 Å². The Morgan fingerprint density at radius 2 is 2.11 bits per heavy atom. The maximum Gasteiger partial charge on any atom is 0.201 e. The summed E-state index contributed by atoms with van der Waals surface area (Å²) in [5.41, 5.74) is 6.45. The maximum absolute atomic E-state index is 13.5. The number of benzene rings is 1. The third kappa shape index (κ3) is 3.02. The molecule has 9 heteroatoms. The van der Waals surface area contributed by atoms with Crippen molar-refractivity contribution in [2.24, 2.45) is 10.8 Å². The van der Waals surface area contributed by atoms with E-state index in [4.69, 9.17) is 16.4 Å². The molecule has 0 atom stereocenters. The number of nitrogens with two attached hydrogens (primary N) is 1. The minimum atomic E-state index is -0.792. The van der Waals surface area contributed by atoms with Crippen molar-refractivity contribution in [1.29, 1.82) is 10.7 Å². The highest BCUT2D eigenvalue weighted by atomic mass is 79.9. The Balaban J connectivity index is 3.18. The Morgan fingerprint density at radius 1 is 1.50 bits per heavy atom. The van der Waals surface area contributed by atoms with Crippen LogP contribution in [-0.2, 0) is 0 Å². The van der Waals surface area contributed by atoms with Gasteiger partial charge >= 0.3 is 0 Å². The van der Waals surface area contributed by atoms with Crippen molar-refractivity contribution < 1.29 is 8.78 Å². The third-order valence-electron chi connectivity index (χ3n) is 1.75. The van der Waals surface area contributed by atoms with E-state index in [1.54, 1.807) is 0 Å². The summed E-state index contributed by atoms with van der Waals surface area (Å²) >= 11 is 5.68. The fraction of sp³-hybridized carbons (Fsp3) is 0. The number of hydrazone groups is 1. The number of nitrogens with one attached hydrogen (secondary N) is 2. The SMILES string of the molecule is N#C/C(=N\Nc1c(F)cc(Br)c(F)c1Br)C(=N)N. The quantitative estimate of drug-likeness (QED) is 0.247. The molecule has 0 amide bonds. The van der Waals surface area contributed by atoms with Crippen molar-refractivity contribution in [3.63, 3.8) is 0 Å². The maximum atomic E-state index is 13.5. The molecule has 18 heavy (non-hydrogen) atoms. The smallest absolute Gasteiger partial charge is 0.201 e. The highest BCUT2D eigenvalue weighted by Gasteiger charge is 2.15. The van der Waals surface area contributed by atoms with Gasteiger partial charge in [0, 0.05) is 0 Å². The summed E-state index contributed by atoms with van der Waals surface area (Å²) in [5, 5.41) is 19.0. The van der Waals surface area contributed by atoms with Crippen LogP contribution in [0.1, 0.15) is 0 Å². The van der Waals surface area contributed by atoms with E-state index in [-0.39, 0.29) is 14.6 Å². The van der Waals surface area contributed by atoms with Crippen molar-refractivity contribution in [2.45, 2.75) is 0 Å². The monoisotopic (exact) mass is 379 g/mol. The van der Waals surface area contributed by atoms with Crippen LogP contribution in [0.4, 0.5) is 14.5 Å². The lowest BCUT2D eigenvalue weighted by Gasteiger charge is -2.07. The number of halogens is 4. The molecule has 0 aliphatic carbocycles. The fourth-order valence-electron chi connectivity index (χ4n) is 0.926. The number of nitriles is 1. The van der Waals surface area contributed by atoms with Crippen molar-refractivity contribution in [2.75, 3.05) is 5.43 Å². The predicted molar refractivity (Wildman–Crippen MR) is 70.3 cm³/mol. The summed E-state index contributed by atoms with van der Waals surface area (Å²) < 4.78 is 26.7. The summed E-state index contributed by atoms with van der Waals surface area (Å²) in [5.74, 6) is -2.10. The summed E-state index contributed by atoms with van der Waals surface area (Å²) in [6, 6.07) is 2.43. The van der Waals surface area contributed by atoms with E-state index in [1.165, 1.54) is 6.07 Å². The third-order valence-corrected chi connectivity index (χ3v) is 3.08. The van der Waals surface area contributed by atoms with Crippen LogP contribution < -0.4 is 11.2 Å². The Bertz CT molecular complexity index is 579. The molecule has 0 aliphatic heterocycles. The number of nitrogens with zero attached hydrogens (tertiary/aromatic N) is 2. The number of anilines is 1. The molecule has 4 N–H and O–H groups in total. The van der Waals surface area contributed by atoms with Gasteiger partial charge < -0.3 is 5.73 Å². The zero-order valence-corrected chi connectivity index (χ0v) is 11.7. The zero-order chi connectivity index (χ0) is 13.9. The van der Waals surface area contributed by atoms with Crippen LogP contribution >= 0.6 is 31.9 Å². The molecule has 0 unspecified atom stereocenters. The van der Waals surface area contributed by atoms with E-state index in [0.717, 1.165) is 6.07 Å². The molecule has 1 rings (SSSR count). The average Bonchev–Trinajstić information content (AvgIpc) is 2.30. The first-order valence-electron chi connectivity index (χ1n) is 4.29. The van der Waals surface area contributed by atoms with Gasteiger partial charge in [-0.15, -0.1) is 0 Å². The highest BCUT2D eigenvalue weighted by Crippen LogP contribution is 2.33. The molecule has 1 aromatic rings. The molecule has 0 aromatic heterocycles. The molecule has 0 radical (unpaired) electrons. The lowest BCUT2D eigenvalue weighted by atomic mass is 10.3. The minimum Gasteiger partial charge on any atom is -0.382 e. The van der Waals surface area contributed by atoms with Gasteiger partial charge in [0.1, 0.15) is 11.8 Å². The lowest BCUT2D eigenvalue weighted by Crippen LogP contribution is -2.22. The molecular formula is C9H5Br2F2N5. The van der Waals surface area contributed by atoms with Crippen molar-refractivity contribution >= 4 is 49.1 Å². The largest absolute Gasteiger partial charge is 0.382 e. The highest BCUT2D eigenvalue weighted by molar-refractivity contribution is 9.11. The van der Waals surface area contributed by atoms with Gasteiger partial charge in [-0.2, -0.15) is 10.4 Å². The first-order valence-corrected chi connectivity index (χ1v) is 5.88.